The Kier molecular flexibility index (Phi) is 2.75. The molecule has 2 nitrogen and oxygen atoms in total. The van der Waals surface area contributed by atoms with Gasteiger partial charge in [0.2, 0.25) is 0 Å². The summed E-state index contributed by atoms with van der Waals surface area (Å²) in [6.07, 6.45) is 3.98. The third-order valence-electron chi connectivity index (χ3n) is 1.62. The van der Waals surface area contributed by atoms with Crippen LogP contribution in [0.25, 0.3) is 6.08 Å². The number of ether oxygens (including phenoxy) is 1. The van der Waals surface area contributed by atoms with Crippen molar-refractivity contribution in [2.24, 2.45) is 0 Å². The van der Waals surface area contributed by atoms with Gasteiger partial charge in [-0.1, -0.05) is 18.2 Å². The Labute approximate surface area is 72.7 Å². The van der Waals surface area contributed by atoms with Crippen molar-refractivity contribution in [1.82, 2.24) is 0 Å². The Bertz CT molecular complexity index is 292. The molecule has 0 radical (unpaired) electrons. The molecule has 0 unspecified atom stereocenters. The van der Waals surface area contributed by atoms with Crippen molar-refractivity contribution in [3.05, 3.63) is 29.8 Å². The Balaban J connectivity index is 3.05. The lowest BCUT2D eigenvalue weighted by Crippen LogP contribution is -1.91. The summed E-state index contributed by atoms with van der Waals surface area (Å²) >= 11 is 0. The largest absolute Gasteiger partial charge is 0.495 e. The van der Waals surface area contributed by atoms with Gasteiger partial charge in [-0.15, -0.1) is 0 Å². The van der Waals surface area contributed by atoms with Crippen molar-refractivity contribution in [3.63, 3.8) is 0 Å². The lowest BCUT2D eigenvalue weighted by Gasteiger charge is -2.04. The number of anilines is 1. The highest BCUT2D eigenvalue weighted by Gasteiger charge is 1.97. The Morgan fingerprint density at radius 3 is 2.75 bits per heavy atom. The zero-order valence-electron chi connectivity index (χ0n) is 7.37. The van der Waals surface area contributed by atoms with Gasteiger partial charge in [-0.05, 0) is 24.6 Å². The van der Waals surface area contributed by atoms with Gasteiger partial charge < -0.3 is 10.5 Å². The molecule has 0 amide bonds. The summed E-state index contributed by atoms with van der Waals surface area (Å²) in [5.41, 5.74) is 7.42. The molecule has 0 saturated carbocycles. The maximum absolute atomic E-state index is 5.65. The van der Waals surface area contributed by atoms with E-state index in [9.17, 15) is 0 Å². The first-order valence-corrected chi connectivity index (χ1v) is 3.84. The lowest BCUT2D eigenvalue weighted by atomic mass is 10.2. The summed E-state index contributed by atoms with van der Waals surface area (Å²) in [5.74, 6) is 0.727. The second-order valence-electron chi connectivity index (χ2n) is 2.50. The van der Waals surface area contributed by atoms with Crippen molar-refractivity contribution in [3.8, 4) is 5.75 Å². The lowest BCUT2D eigenvalue weighted by molar-refractivity contribution is 0.417. The van der Waals surface area contributed by atoms with E-state index in [2.05, 4.69) is 0 Å². The van der Waals surface area contributed by atoms with Gasteiger partial charge in [0.1, 0.15) is 5.75 Å². The number of benzene rings is 1. The molecule has 0 aromatic heterocycles. The van der Waals surface area contributed by atoms with Crippen LogP contribution in [0.1, 0.15) is 12.5 Å². The van der Waals surface area contributed by atoms with E-state index < -0.39 is 0 Å². The van der Waals surface area contributed by atoms with Crippen LogP contribution in [-0.4, -0.2) is 7.11 Å². The van der Waals surface area contributed by atoms with E-state index >= 15 is 0 Å². The summed E-state index contributed by atoms with van der Waals surface area (Å²) < 4.78 is 5.07. The number of methoxy groups -OCH3 is 1. The van der Waals surface area contributed by atoms with Gasteiger partial charge in [0, 0.05) is 0 Å². The molecule has 1 aromatic rings. The van der Waals surface area contributed by atoms with E-state index in [-0.39, 0.29) is 0 Å². The molecule has 0 atom stereocenters. The highest BCUT2D eigenvalue weighted by molar-refractivity contribution is 5.60. The molecule has 1 aromatic carbocycles. The van der Waals surface area contributed by atoms with E-state index in [4.69, 9.17) is 10.5 Å². The first kappa shape index (κ1) is 8.65. The summed E-state index contributed by atoms with van der Waals surface area (Å²) in [7, 11) is 1.62. The highest BCUT2D eigenvalue weighted by Crippen LogP contribution is 2.22. The molecule has 64 valence electrons. The van der Waals surface area contributed by atoms with Crippen LogP contribution < -0.4 is 10.5 Å². The average Bonchev–Trinajstić information content (AvgIpc) is 2.09. The third-order valence-corrected chi connectivity index (χ3v) is 1.62. The van der Waals surface area contributed by atoms with Gasteiger partial charge in [-0.2, -0.15) is 0 Å². The number of hydrogen-bond donors (Lipinski definition) is 1. The Morgan fingerprint density at radius 1 is 1.42 bits per heavy atom. The van der Waals surface area contributed by atoms with E-state index in [1.165, 1.54) is 0 Å². The third kappa shape index (κ3) is 1.78. The fraction of sp³-hybridized carbons (Fsp3) is 0.200. The minimum absolute atomic E-state index is 0.672. The van der Waals surface area contributed by atoms with Crippen molar-refractivity contribution in [1.29, 1.82) is 0 Å². The number of hydrogen-bond acceptors (Lipinski definition) is 2. The summed E-state index contributed by atoms with van der Waals surface area (Å²) in [6, 6.07) is 5.71. The predicted molar refractivity (Wildman–Crippen MR) is 52.1 cm³/mol. The molecule has 0 bridgehead atoms. The first-order chi connectivity index (χ1) is 5.77. The maximum atomic E-state index is 5.65. The molecule has 0 fully saturated rings. The fourth-order valence-electron chi connectivity index (χ4n) is 1.02. The molecule has 2 heteroatoms. The van der Waals surface area contributed by atoms with Crippen LogP contribution in [-0.2, 0) is 0 Å². The number of nitrogen functional groups attached to an aromatic ring is 1. The molecule has 0 aliphatic heterocycles. The molecule has 0 heterocycles. The average molecular weight is 163 g/mol. The smallest absolute Gasteiger partial charge is 0.142 e. The van der Waals surface area contributed by atoms with Crippen molar-refractivity contribution in [2.45, 2.75) is 6.92 Å². The van der Waals surface area contributed by atoms with Crippen molar-refractivity contribution >= 4 is 11.8 Å². The molecule has 1 rings (SSSR count). The van der Waals surface area contributed by atoms with Crippen LogP contribution in [0.5, 0.6) is 5.75 Å². The van der Waals surface area contributed by atoms with E-state index in [1.807, 2.05) is 37.3 Å². The zero-order chi connectivity index (χ0) is 8.97. The maximum Gasteiger partial charge on any atom is 0.142 e. The number of allylic oxidation sites excluding steroid dienone is 1. The molecule has 12 heavy (non-hydrogen) atoms. The van der Waals surface area contributed by atoms with Crippen LogP contribution in [0.15, 0.2) is 24.3 Å². The van der Waals surface area contributed by atoms with Gasteiger partial charge >= 0.3 is 0 Å². The van der Waals surface area contributed by atoms with Crippen LogP contribution in [0.3, 0.4) is 0 Å². The first-order valence-electron chi connectivity index (χ1n) is 3.84. The Morgan fingerprint density at radius 2 is 2.17 bits per heavy atom. The zero-order valence-corrected chi connectivity index (χ0v) is 7.37. The molecular weight excluding hydrogens is 150 g/mol. The molecule has 0 aliphatic carbocycles. The standard InChI is InChI=1S/C10H13NO/c1-3-4-8-5-6-9(11)10(7-8)12-2/h3-7H,11H2,1-2H3/b4-3+. The summed E-state index contributed by atoms with van der Waals surface area (Å²) in [4.78, 5) is 0. The van der Waals surface area contributed by atoms with Crippen molar-refractivity contribution in [2.75, 3.05) is 12.8 Å². The van der Waals surface area contributed by atoms with Gasteiger partial charge in [0.15, 0.2) is 0 Å². The summed E-state index contributed by atoms with van der Waals surface area (Å²) in [5, 5.41) is 0. The van der Waals surface area contributed by atoms with Crippen molar-refractivity contribution < 1.29 is 4.74 Å². The van der Waals surface area contributed by atoms with Gasteiger partial charge in [0.05, 0.1) is 12.8 Å². The van der Waals surface area contributed by atoms with E-state index in [0.717, 1.165) is 11.3 Å². The minimum atomic E-state index is 0.672. The number of nitrogens with two attached hydrogens (primary N) is 1. The van der Waals surface area contributed by atoms with E-state index in [1.54, 1.807) is 7.11 Å². The molecule has 0 aliphatic rings. The van der Waals surface area contributed by atoms with Crippen LogP contribution in [0, 0.1) is 0 Å². The summed E-state index contributed by atoms with van der Waals surface area (Å²) in [6.45, 7) is 1.98. The topological polar surface area (TPSA) is 35.2 Å². The van der Waals surface area contributed by atoms with Gasteiger partial charge in [-0.3, -0.25) is 0 Å². The normalized spacial score (nSPS) is 10.5. The van der Waals surface area contributed by atoms with Crippen LogP contribution >= 0.6 is 0 Å². The highest BCUT2D eigenvalue weighted by atomic mass is 16.5. The molecule has 0 saturated heterocycles. The quantitative estimate of drug-likeness (QED) is 0.679. The molecular formula is C10H13NO. The second-order valence-corrected chi connectivity index (χ2v) is 2.50. The van der Waals surface area contributed by atoms with E-state index in [0.29, 0.717) is 5.69 Å². The Hall–Kier alpha value is -1.44. The van der Waals surface area contributed by atoms with Crippen LogP contribution in [0.2, 0.25) is 0 Å². The number of rotatable bonds is 2. The fourth-order valence-corrected chi connectivity index (χ4v) is 1.02. The second kappa shape index (κ2) is 3.81. The minimum Gasteiger partial charge on any atom is -0.495 e. The van der Waals surface area contributed by atoms with Crippen LogP contribution in [0.4, 0.5) is 5.69 Å². The molecule has 2 N–H and O–H groups in total. The molecule has 0 spiro atoms. The SMILES string of the molecule is C/C=C/c1ccc(N)c(OC)c1. The predicted octanol–water partition coefficient (Wildman–Crippen LogP) is 2.31. The van der Waals surface area contributed by atoms with Gasteiger partial charge in [0.25, 0.3) is 0 Å². The van der Waals surface area contributed by atoms with Gasteiger partial charge in [-0.25, -0.2) is 0 Å². The monoisotopic (exact) mass is 163 g/mol.